The van der Waals surface area contributed by atoms with Crippen LogP contribution in [0.15, 0.2) is 53.5 Å². The summed E-state index contributed by atoms with van der Waals surface area (Å²) < 4.78 is 11.9. The van der Waals surface area contributed by atoms with Gasteiger partial charge in [0.1, 0.15) is 0 Å². The topological polar surface area (TPSA) is 69.9 Å². The van der Waals surface area contributed by atoms with E-state index in [0.717, 1.165) is 22.6 Å². The van der Waals surface area contributed by atoms with Crippen LogP contribution in [0.3, 0.4) is 0 Å². The van der Waals surface area contributed by atoms with Crippen molar-refractivity contribution < 1.29 is 19.1 Å². The van der Waals surface area contributed by atoms with E-state index in [2.05, 4.69) is 9.56 Å². The number of aliphatic imine (C=N–C) groups is 1. The van der Waals surface area contributed by atoms with E-state index in [0.29, 0.717) is 22.9 Å². The summed E-state index contributed by atoms with van der Waals surface area (Å²) in [5.74, 6) is -0.844. The highest BCUT2D eigenvalue weighted by Crippen LogP contribution is 2.25. The second kappa shape index (κ2) is 9.62. The summed E-state index contributed by atoms with van der Waals surface area (Å²) in [7, 11) is 1.31. The number of rotatable bonds is 6. The number of carbonyl (C=O) groups excluding carboxylic acids is 2. The minimum absolute atomic E-state index is 0.269. The van der Waals surface area contributed by atoms with Crippen molar-refractivity contribution in [2.45, 2.75) is 20.8 Å². The van der Waals surface area contributed by atoms with Crippen molar-refractivity contribution >= 4 is 35.4 Å². The first-order valence-corrected chi connectivity index (χ1v) is 10.1. The molecular weight excluding hydrogens is 416 g/mol. The molecule has 0 unspecified atom stereocenters. The van der Waals surface area contributed by atoms with Gasteiger partial charge in [0.15, 0.2) is 0 Å². The van der Waals surface area contributed by atoms with Gasteiger partial charge in [-0.25, -0.2) is 9.59 Å². The summed E-state index contributed by atoms with van der Waals surface area (Å²) in [6.45, 7) is 6.12. The molecule has 3 rings (SSSR count). The van der Waals surface area contributed by atoms with Gasteiger partial charge in [-0.05, 0) is 69.3 Å². The van der Waals surface area contributed by atoms with Gasteiger partial charge in [0, 0.05) is 28.9 Å². The Balaban J connectivity index is 1.88. The third-order valence-corrected chi connectivity index (χ3v) is 5.14. The first-order valence-electron chi connectivity index (χ1n) is 9.74. The van der Waals surface area contributed by atoms with E-state index in [1.165, 1.54) is 7.11 Å². The number of benzene rings is 2. The number of esters is 2. The Morgan fingerprint density at radius 2 is 1.77 bits per heavy atom. The number of halogens is 1. The third-order valence-electron chi connectivity index (χ3n) is 4.81. The Morgan fingerprint density at radius 1 is 1.06 bits per heavy atom. The number of carbonyl (C=O) groups is 2. The fourth-order valence-corrected chi connectivity index (χ4v) is 3.48. The smallest absolute Gasteiger partial charge is 0.339 e. The van der Waals surface area contributed by atoms with Crippen LogP contribution in [-0.4, -0.2) is 36.4 Å². The van der Waals surface area contributed by atoms with Crippen LogP contribution in [0.2, 0.25) is 5.02 Å². The lowest BCUT2D eigenvalue weighted by atomic mass is 10.2. The average Bonchev–Trinajstić information content (AvgIpc) is 3.05. The van der Waals surface area contributed by atoms with Gasteiger partial charge >= 0.3 is 11.9 Å². The molecule has 160 valence electrons. The molecule has 0 aliphatic heterocycles. The summed E-state index contributed by atoms with van der Waals surface area (Å²) >= 11 is 6.07. The van der Waals surface area contributed by atoms with Crippen molar-refractivity contribution in [3.63, 3.8) is 0 Å². The maximum absolute atomic E-state index is 11.9. The Kier molecular flexibility index (Phi) is 6.92. The zero-order valence-corrected chi connectivity index (χ0v) is 18.6. The Morgan fingerprint density at radius 3 is 2.42 bits per heavy atom. The third kappa shape index (κ3) is 4.86. The molecule has 0 bridgehead atoms. The van der Waals surface area contributed by atoms with Crippen LogP contribution in [0.25, 0.3) is 5.69 Å². The van der Waals surface area contributed by atoms with Crippen molar-refractivity contribution in [2.24, 2.45) is 4.99 Å². The maximum Gasteiger partial charge on any atom is 0.339 e. The Hall–Kier alpha value is -3.38. The predicted octanol–water partition coefficient (Wildman–Crippen LogP) is 5.46. The van der Waals surface area contributed by atoms with Crippen molar-refractivity contribution in [2.75, 3.05) is 13.7 Å². The van der Waals surface area contributed by atoms with Crippen LogP contribution < -0.4 is 0 Å². The SMILES string of the molecule is CCOC(=O)c1ccc(-n2c(C)cc(C=Nc3ccc(Cl)c(C(=O)OC)c3)c2C)cc1. The Labute approximate surface area is 186 Å². The van der Waals surface area contributed by atoms with Gasteiger partial charge < -0.3 is 14.0 Å². The monoisotopic (exact) mass is 438 g/mol. The molecular formula is C24H23ClN2O4. The second-order valence-electron chi connectivity index (χ2n) is 6.84. The van der Waals surface area contributed by atoms with Crippen LogP contribution >= 0.6 is 11.6 Å². The van der Waals surface area contributed by atoms with Crippen LogP contribution in [0.5, 0.6) is 0 Å². The second-order valence-corrected chi connectivity index (χ2v) is 7.25. The molecule has 0 radical (unpaired) electrons. The van der Waals surface area contributed by atoms with Gasteiger partial charge in [-0.15, -0.1) is 0 Å². The van der Waals surface area contributed by atoms with Crippen LogP contribution in [0.1, 0.15) is 44.6 Å². The fourth-order valence-electron chi connectivity index (χ4n) is 3.28. The number of hydrogen-bond acceptors (Lipinski definition) is 5. The van der Waals surface area contributed by atoms with Crippen LogP contribution in [-0.2, 0) is 9.47 Å². The van der Waals surface area contributed by atoms with Crippen molar-refractivity contribution in [3.05, 3.63) is 81.6 Å². The van der Waals surface area contributed by atoms with E-state index < -0.39 is 5.97 Å². The molecule has 1 heterocycles. The molecule has 0 aliphatic rings. The molecule has 2 aromatic carbocycles. The van der Waals surface area contributed by atoms with Gasteiger partial charge in [0.05, 0.1) is 35.6 Å². The first kappa shape index (κ1) is 22.3. The highest BCUT2D eigenvalue weighted by molar-refractivity contribution is 6.33. The van der Waals surface area contributed by atoms with Crippen molar-refractivity contribution in [1.29, 1.82) is 0 Å². The largest absolute Gasteiger partial charge is 0.465 e. The van der Waals surface area contributed by atoms with E-state index in [-0.39, 0.29) is 11.5 Å². The molecule has 7 heteroatoms. The van der Waals surface area contributed by atoms with Gasteiger partial charge in [-0.1, -0.05) is 11.6 Å². The quantitative estimate of drug-likeness (QED) is 0.378. The zero-order chi connectivity index (χ0) is 22.5. The van der Waals surface area contributed by atoms with Crippen LogP contribution in [0.4, 0.5) is 5.69 Å². The number of hydrogen-bond donors (Lipinski definition) is 0. The molecule has 1 aromatic heterocycles. The summed E-state index contributed by atoms with van der Waals surface area (Å²) in [5, 5.41) is 0.315. The highest BCUT2D eigenvalue weighted by Gasteiger charge is 2.13. The molecule has 0 saturated carbocycles. The van der Waals surface area contributed by atoms with Crippen LogP contribution in [0, 0.1) is 13.8 Å². The average molecular weight is 439 g/mol. The molecule has 31 heavy (non-hydrogen) atoms. The van der Waals surface area contributed by atoms with Gasteiger partial charge in [0.25, 0.3) is 0 Å². The minimum Gasteiger partial charge on any atom is -0.465 e. The predicted molar refractivity (Wildman–Crippen MR) is 121 cm³/mol. The summed E-state index contributed by atoms with van der Waals surface area (Å²) in [6.07, 6.45) is 1.75. The normalized spacial score (nSPS) is 11.0. The fraction of sp³-hybridized carbons (Fsp3) is 0.208. The number of aromatic nitrogens is 1. The minimum atomic E-state index is -0.508. The number of ether oxygens (including phenoxy) is 2. The molecule has 0 saturated heterocycles. The number of nitrogens with zero attached hydrogens (tertiary/aromatic N) is 2. The van der Waals surface area contributed by atoms with E-state index in [1.807, 2.05) is 32.0 Å². The molecule has 6 nitrogen and oxygen atoms in total. The molecule has 0 amide bonds. The summed E-state index contributed by atoms with van der Waals surface area (Å²) in [6, 6.07) is 14.2. The highest BCUT2D eigenvalue weighted by atomic mass is 35.5. The standard InChI is InChI=1S/C24H23ClN2O4/c1-5-31-23(28)17-6-9-20(10-7-17)27-15(2)12-18(16(27)3)14-26-19-8-11-22(25)21(13-19)24(29)30-4/h6-14H,5H2,1-4H3. The molecule has 0 fully saturated rings. The van der Waals surface area contributed by atoms with Gasteiger partial charge in [-0.3, -0.25) is 4.99 Å². The van der Waals surface area contributed by atoms with E-state index >= 15 is 0 Å². The zero-order valence-electron chi connectivity index (χ0n) is 17.8. The lowest BCUT2D eigenvalue weighted by Gasteiger charge is -2.10. The van der Waals surface area contributed by atoms with E-state index in [1.54, 1.807) is 43.5 Å². The number of methoxy groups -OCH3 is 1. The Bertz CT molecular complexity index is 1150. The summed E-state index contributed by atoms with van der Waals surface area (Å²) in [4.78, 5) is 28.2. The molecule has 0 aliphatic carbocycles. The molecule has 0 spiro atoms. The van der Waals surface area contributed by atoms with E-state index in [9.17, 15) is 9.59 Å². The van der Waals surface area contributed by atoms with Crippen molar-refractivity contribution in [3.8, 4) is 5.69 Å². The first-order chi connectivity index (χ1) is 14.8. The molecule has 0 atom stereocenters. The van der Waals surface area contributed by atoms with Gasteiger partial charge in [-0.2, -0.15) is 0 Å². The van der Waals surface area contributed by atoms with E-state index in [4.69, 9.17) is 21.1 Å². The lowest BCUT2D eigenvalue weighted by molar-refractivity contribution is 0.0525. The summed E-state index contributed by atoms with van der Waals surface area (Å²) in [5.41, 5.74) is 5.25. The lowest BCUT2D eigenvalue weighted by Crippen LogP contribution is -2.05. The maximum atomic E-state index is 11.9. The molecule has 0 N–H and O–H groups in total. The van der Waals surface area contributed by atoms with Crippen molar-refractivity contribution in [1.82, 2.24) is 4.57 Å². The van der Waals surface area contributed by atoms with Gasteiger partial charge in [0.2, 0.25) is 0 Å². The number of aryl methyl sites for hydroxylation is 1. The molecule has 3 aromatic rings.